The Morgan fingerprint density at radius 1 is 0.914 bits per heavy atom. The van der Waals surface area contributed by atoms with Crippen molar-refractivity contribution in [2.24, 2.45) is 0 Å². The van der Waals surface area contributed by atoms with Crippen LogP contribution in [-0.4, -0.2) is 37.1 Å². The molecule has 0 unspecified atom stereocenters. The number of carbonyl (C=O) groups is 1. The van der Waals surface area contributed by atoms with Gasteiger partial charge in [-0.25, -0.2) is 0 Å². The van der Waals surface area contributed by atoms with Crippen LogP contribution in [-0.2, 0) is 11.3 Å². The molecule has 2 heterocycles. The molecule has 2 aliphatic heterocycles. The van der Waals surface area contributed by atoms with Crippen LogP contribution in [0.4, 0.5) is 5.69 Å². The van der Waals surface area contributed by atoms with E-state index in [1.54, 1.807) is 0 Å². The van der Waals surface area contributed by atoms with Crippen LogP contribution >= 0.6 is 0 Å². The summed E-state index contributed by atoms with van der Waals surface area (Å²) in [6.45, 7) is 6.14. The fourth-order valence-corrected chi connectivity index (χ4v) is 5.21. The average Bonchev–Trinajstić information content (AvgIpc) is 3.08. The van der Waals surface area contributed by atoms with E-state index in [1.165, 1.54) is 43.5 Å². The summed E-state index contributed by atoms with van der Waals surface area (Å²) < 4.78 is 7.07. The molecule has 0 aromatic heterocycles. The molecule has 1 N–H and O–H groups in total. The number of ether oxygens (including phenoxy) is 1. The Hall–Kier alpha value is -3.37. The molecule has 1 amide bonds. The zero-order valence-corrected chi connectivity index (χ0v) is 20.8. The topological polar surface area (TPSA) is 38.3 Å². The summed E-state index contributed by atoms with van der Waals surface area (Å²) in [5.41, 5.74) is 7.35. The van der Waals surface area contributed by atoms with E-state index >= 15 is 0 Å². The number of hydrogen-bond acceptors (Lipinski definition) is 2. The van der Waals surface area contributed by atoms with E-state index in [1.807, 2.05) is 24.3 Å². The summed E-state index contributed by atoms with van der Waals surface area (Å²) in [4.78, 5) is 13.1. The van der Waals surface area contributed by atoms with Crippen molar-refractivity contribution in [1.82, 2.24) is 0 Å². The molecule has 0 saturated carbocycles. The first kappa shape index (κ1) is 23.4. The molecule has 0 aliphatic carbocycles. The van der Waals surface area contributed by atoms with Crippen LogP contribution in [0.3, 0.4) is 0 Å². The third kappa shape index (κ3) is 5.66. The van der Waals surface area contributed by atoms with Crippen molar-refractivity contribution in [3.63, 3.8) is 0 Å². The first-order valence-electron chi connectivity index (χ1n) is 12.8. The molecular formula is C31H35N2O2+. The Balaban J connectivity index is 1.30. The van der Waals surface area contributed by atoms with Crippen LogP contribution in [0, 0.1) is 6.92 Å². The van der Waals surface area contributed by atoms with Gasteiger partial charge in [-0.3, -0.25) is 4.79 Å². The van der Waals surface area contributed by atoms with Gasteiger partial charge in [-0.05, 0) is 67.7 Å². The maximum absolute atomic E-state index is 13.1. The summed E-state index contributed by atoms with van der Waals surface area (Å²) in [6.07, 6.45) is 6.55. The monoisotopic (exact) mass is 467 g/mol. The largest absolute Gasteiger partial charge is 0.493 e. The molecule has 3 aromatic carbocycles. The van der Waals surface area contributed by atoms with Crippen molar-refractivity contribution in [1.29, 1.82) is 0 Å². The summed E-state index contributed by atoms with van der Waals surface area (Å²) in [7, 11) is 2.36. The zero-order chi connectivity index (χ0) is 24.3. The second kappa shape index (κ2) is 10.1. The van der Waals surface area contributed by atoms with Gasteiger partial charge in [0.25, 0.3) is 5.91 Å². The van der Waals surface area contributed by atoms with Crippen molar-refractivity contribution in [3.8, 4) is 16.9 Å². The van der Waals surface area contributed by atoms with Crippen LogP contribution in [0.2, 0.25) is 0 Å². The number of amides is 1. The van der Waals surface area contributed by atoms with E-state index < -0.39 is 0 Å². The average molecular weight is 468 g/mol. The Kier molecular flexibility index (Phi) is 6.74. The standard InChI is InChI=1S/C31H34N2O2/c1-23-6-10-25(11-7-23)26-12-15-30-28(20-26)21-27(16-19-35-30)31(34)32-29-13-8-24(9-14-29)22-33(2)17-4-3-5-18-33/h6-15,20-21H,3-5,16-19,22H2,1-2H3/p+1. The molecule has 0 atom stereocenters. The normalized spacial score (nSPS) is 16.9. The van der Waals surface area contributed by atoms with Gasteiger partial charge in [-0.15, -0.1) is 0 Å². The number of nitrogens with zero attached hydrogens (tertiary/aromatic N) is 1. The van der Waals surface area contributed by atoms with Crippen molar-refractivity contribution in [2.75, 3.05) is 32.1 Å². The fraction of sp³-hybridized carbons (Fsp3) is 0.323. The number of aryl methyl sites for hydroxylation is 1. The Morgan fingerprint density at radius 3 is 2.37 bits per heavy atom. The minimum Gasteiger partial charge on any atom is -0.493 e. The van der Waals surface area contributed by atoms with Gasteiger partial charge >= 0.3 is 0 Å². The van der Waals surface area contributed by atoms with Crippen LogP contribution in [0.5, 0.6) is 5.75 Å². The van der Waals surface area contributed by atoms with Crippen molar-refractivity contribution >= 4 is 17.7 Å². The lowest BCUT2D eigenvalue weighted by Gasteiger charge is -2.37. The third-order valence-corrected chi connectivity index (χ3v) is 7.32. The highest BCUT2D eigenvalue weighted by atomic mass is 16.5. The smallest absolute Gasteiger partial charge is 0.251 e. The number of likely N-dealkylation sites (tertiary alicyclic amines) is 1. The van der Waals surface area contributed by atoms with Crippen LogP contribution in [0.25, 0.3) is 17.2 Å². The number of nitrogens with one attached hydrogen (secondary N) is 1. The second-order valence-corrected chi connectivity index (χ2v) is 10.3. The molecule has 35 heavy (non-hydrogen) atoms. The highest BCUT2D eigenvalue weighted by molar-refractivity contribution is 6.07. The maximum Gasteiger partial charge on any atom is 0.251 e. The Morgan fingerprint density at radius 2 is 1.63 bits per heavy atom. The number of benzene rings is 3. The molecular weight excluding hydrogens is 432 g/mol. The molecule has 5 rings (SSSR count). The Bertz CT molecular complexity index is 1220. The number of hydrogen-bond donors (Lipinski definition) is 1. The lowest BCUT2D eigenvalue weighted by atomic mass is 10.00. The lowest BCUT2D eigenvalue weighted by Crippen LogP contribution is -2.46. The molecule has 2 aliphatic rings. The molecule has 4 nitrogen and oxygen atoms in total. The van der Waals surface area contributed by atoms with Gasteiger partial charge < -0.3 is 14.5 Å². The van der Waals surface area contributed by atoms with Gasteiger partial charge in [0.1, 0.15) is 12.3 Å². The quantitative estimate of drug-likeness (QED) is 0.430. The molecule has 3 aromatic rings. The van der Waals surface area contributed by atoms with E-state index in [-0.39, 0.29) is 5.91 Å². The molecule has 1 fully saturated rings. The van der Waals surface area contributed by atoms with E-state index in [9.17, 15) is 4.79 Å². The molecule has 180 valence electrons. The number of rotatable bonds is 5. The summed E-state index contributed by atoms with van der Waals surface area (Å²) in [6, 6.07) is 23.0. The van der Waals surface area contributed by atoms with Crippen molar-refractivity contribution < 1.29 is 14.0 Å². The number of carbonyl (C=O) groups excluding carboxylic acids is 1. The molecule has 4 heteroatoms. The maximum atomic E-state index is 13.1. The first-order valence-corrected chi connectivity index (χ1v) is 12.8. The van der Waals surface area contributed by atoms with Gasteiger partial charge in [0.2, 0.25) is 0 Å². The summed E-state index contributed by atoms with van der Waals surface area (Å²) in [5.74, 6) is 0.757. The predicted molar refractivity (Wildman–Crippen MR) is 143 cm³/mol. The molecule has 0 spiro atoms. The van der Waals surface area contributed by atoms with Crippen LogP contribution in [0.15, 0.2) is 72.3 Å². The summed E-state index contributed by atoms with van der Waals surface area (Å²) >= 11 is 0. The minimum atomic E-state index is -0.0648. The van der Waals surface area contributed by atoms with Crippen molar-refractivity contribution in [3.05, 3.63) is 89.0 Å². The van der Waals surface area contributed by atoms with E-state index in [0.717, 1.165) is 44.7 Å². The van der Waals surface area contributed by atoms with Gasteiger partial charge in [0.15, 0.2) is 0 Å². The lowest BCUT2D eigenvalue weighted by molar-refractivity contribution is -0.926. The number of piperidine rings is 1. The minimum absolute atomic E-state index is 0.0648. The highest BCUT2D eigenvalue weighted by Crippen LogP contribution is 2.31. The van der Waals surface area contributed by atoms with Crippen LogP contribution < -0.4 is 10.1 Å². The van der Waals surface area contributed by atoms with Crippen LogP contribution in [0.1, 0.15) is 42.4 Å². The van der Waals surface area contributed by atoms with E-state index in [2.05, 4.69) is 67.8 Å². The van der Waals surface area contributed by atoms with Gasteiger partial charge in [-0.1, -0.05) is 48.0 Å². The van der Waals surface area contributed by atoms with Gasteiger partial charge in [0, 0.05) is 28.8 Å². The highest BCUT2D eigenvalue weighted by Gasteiger charge is 2.25. The fourth-order valence-electron chi connectivity index (χ4n) is 5.21. The van der Waals surface area contributed by atoms with Gasteiger partial charge in [-0.2, -0.15) is 0 Å². The Labute approximate surface area is 208 Å². The van der Waals surface area contributed by atoms with E-state index in [4.69, 9.17) is 4.74 Å². The molecule has 0 radical (unpaired) electrons. The first-order chi connectivity index (χ1) is 17.0. The predicted octanol–water partition coefficient (Wildman–Crippen LogP) is 6.60. The number of fused-ring (bicyclic) bond motifs is 1. The van der Waals surface area contributed by atoms with Crippen molar-refractivity contribution in [2.45, 2.75) is 39.2 Å². The zero-order valence-electron chi connectivity index (χ0n) is 20.8. The SMILES string of the molecule is Cc1ccc(-c2ccc3c(c2)C=C(C(=O)Nc2ccc(C[N+]4(C)CCCCC4)cc2)CCO3)cc1. The van der Waals surface area contributed by atoms with Gasteiger partial charge in [0.05, 0.1) is 26.7 Å². The second-order valence-electron chi connectivity index (χ2n) is 10.3. The summed E-state index contributed by atoms with van der Waals surface area (Å²) in [5, 5.41) is 3.10. The molecule has 1 saturated heterocycles. The molecule has 0 bridgehead atoms. The number of quaternary nitrogens is 1. The van der Waals surface area contributed by atoms with E-state index in [0.29, 0.717) is 13.0 Å². The number of anilines is 1. The third-order valence-electron chi connectivity index (χ3n) is 7.32.